The first-order valence-corrected chi connectivity index (χ1v) is 8.32. The second-order valence-electron chi connectivity index (χ2n) is 6.08. The molecule has 0 bridgehead atoms. The molecule has 2 amide bonds. The lowest BCUT2D eigenvalue weighted by molar-refractivity contribution is -0.153. The second kappa shape index (κ2) is 8.80. The summed E-state index contributed by atoms with van der Waals surface area (Å²) >= 11 is 0. The lowest BCUT2D eigenvalue weighted by atomic mass is 9.98. The zero-order valence-electron chi connectivity index (χ0n) is 14.8. The SMILES string of the molecule is C[C@H](OC(=O)C[C@@H](C)c1ccccc1)C(=O)Nc1ccc(C(N)=O)cc1. The minimum atomic E-state index is -0.929. The summed E-state index contributed by atoms with van der Waals surface area (Å²) in [6, 6.07) is 15.8. The van der Waals surface area contributed by atoms with Gasteiger partial charge in [-0.05, 0) is 42.7 Å². The zero-order valence-corrected chi connectivity index (χ0v) is 14.8. The third-order valence-corrected chi connectivity index (χ3v) is 3.96. The third-order valence-electron chi connectivity index (χ3n) is 3.96. The van der Waals surface area contributed by atoms with Crippen molar-refractivity contribution in [3.05, 3.63) is 65.7 Å². The molecule has 0 aliphatic heterocycles. The number of benzene rings is 2. The number of primary amides is 1. The molecule has 0 fully saturated rings. The molecule has 6 heteroatoms. The van der Waals surface area contributed by atoms with E-state index in [1.165, 1.54) is 19.1 Å². The van der Waals surface area contributed by atoms with Gasteiger partial charge in [-0.3, -0.25) is 14.4 Å². The summed E-state index contributed by atoms with van der Waals surface area (Å²) in [6.07, 6.45) is -0.740. The average Bonchev–Trinajstić information content (AvgIpc) is 2.62. The van der Waals surface area contributed by atoms with Crippen molar-refractivity contribution in [2.75, 3.05) is 5.32 Å². The van der Waals surface area contributed by atoms with Crippen LogP contribution in [-0.4, -0.2) is 23.9 Å². The van der Waals surface area contributed by atoms with E-state index in [9.17, 15) is 14.4 Å². The summed E-state index contributed by atoms with van der Waals surface area (Å²) in [5, 5.41) is 2.63. The monoisotopic (exact) mass is 354 g/mol. The Morgan fingerprint density at radius 3 is 2.19 bits per heavy atom. The number of nitrogens with two attached hydrogens (primary N) is 1. The summed E-state index contributed by atoms with van der Waals surface area (Å²) in [4.78, 5) is 35.2. The van der Waals surface area contributed by atoms with Gasteiger partial charge in [-0.2, -0.15) is 0 Å². The number of hydrogen-bond acceptors (Lipinski definition) is 4. The number of amides is 2. The normalized spacial score (nSPS) is 12.7. The zero-order chi connectivity index (χ0) is 19.1. The Bertz CT molecular complexity index is 772. The van der Waals surface area contributed by atoms with E-state index >= 15 is 0 Å². The molecule has 3 N–H and O–H groups in total. The maximum absolute atomic E-state index is 12.1. The first-order valence-electron chi connectivity index (χ1n) is 8.32. The van der Waals surface area contributed by atoms with Crippen molar-refractivity contribution >= 4 is 23.5 Å². The van der Waals surface area contributed by atoms with Gasteiger partial charge >= 0.3 is 5.97 Å². The van der Waals surface area contributed by atoms with Gasteiger partial charge in [0.2, 0.25) is 5.91 Å². The molecule has 136 valence electrons. The third kappa shape index (κ3) is 5.44. The Morgan fingerprint density at radius 1 is 1.00 bits per heavy atom. The lowest BCUT2D eigenvalue weighted by Crippen LogP contribution is -2.30. The summed E-state index contributed by atoms with van der Waals surface area (Å²) in [5.41, 5.74) is 7.04. The van der Waals surface area contributed by atoms with Crippen LogP contribution in [0.5, 0.6) is 0 Å². The van der Waals surface area contributed by atoms with E-state index in [0.717, 1.165) is 5.56 Å². The van der Waals surface area contributed by atoms with Crippen molar-refractivity contribution in [2.45, 2.75) is 32.3 Å². The minimum absolute atomic E-state index is 0.000283. The topological polar surface area (TPSA) is 98.5 Å². The molecule has 6 nitrogen and oxygen atoms in total. The molecule has 0 heterocycles. The molecule has 0 saturated carbocycles. The van der Waals surface area contributed by atoms with Gasteiger partial charge in [0, 0.05) is 11.3 Å². The van der Waals surface area contributed by atoms with Crippen molar-refractivity contribution < 1.29 is 19.1 Å². The highest BCUT2D eigenvalue weighted by Gasteiger charge is 2.20. The smallest absolute Gasteiger partial charge is 0.307 e. The fourth-order valence-corrected chi connectivity index (χ4v) is 2.41. The van der Waals surface area contributed by atoms with E-state index < -0.39 is 23.9 Å². The van der Waals surface area contributed by atoms with Crippen LogP contribution in [0, 0.1) is 0 Å². The average molecular weight is 354 g/mol. The van der Waals surface area contributed by atoms with Crippen LogP contribution in [0.2, 0.25) is 0 Å². The van der Waals surface area contributed by atoms with Crippen molar-refractivity contribution in [1.29, 1.82) is 0 Å². The summed E-state index contributed by atoms with van der Waals surface area (Å²) in [6.45, 7) is 3.44. The predicted octanol–water partition coefficient (Wildman–Crippen LogP) is 2.85. The molecule has 2 aromatic rings. The molecule has 0 aliphatic rings. The number of carbonyl (C=O) groups excluding carboxylic acids is 3. The number of hydrogen-bond donors (Lipinski definition) is 2. The minimum Gasteiger partial charge on any atom is -0.453 e. The van der Waals surface area contributed by atoms with E-state index in [1.54, 1.807) is 12.1 Å². The van der Waals surface area contributed by atoms with Gasteiger partial charge < -0.3 is 15.8 Å². The molecule has 2 rings (SSSR count). The van der Waals surface area contributed by atoms with E-state index in [-0.39, 0.29) is 12.3 Å². The Balaban J connectivity index is 1.85. The van der Waals surface area contributed by atoms with Crippen LogP contribution in [0.1, 0.15) is 42.1 Å². The highest BCUT2D eigenvalue weighted by molar-refractivity contribution is 5.96. The van der Waals surface area contributed by atoms with Crippen molar-refractivity contribution in [2.24, 2.45) is 5.73 Å². The number of carbonyl (C=O) groups is 3. The predicted molar refractivity (Wildman–Crippen MR) is 98.6 cm³/mol. The number of ether oxygens (including phenoxy) is 1. The number of nitrogens with one attached hydrogen (secondary N) is 1. The number of esters is 1. The number of rotatable bonds is 7. The number of anilines is 1. The van der Waals surface area contributed by atoms with Crippen LogP contribution in [0.3, 0.4) is 0 Å². The van der Waals surface area contributed by atoms with Gasteiger partial charge in [-0.25, -0.2) is 0 Å². The molecule has 0 saturated heterocycles. The standard InChI is InChI=1S/C20H22N2O4/c1-13(15-6-4-3-5-7-15)12-18(23)26-14(2)20(25)22-17-10-8-16(9-11-17)19(21)24/h3-11,13-14H,12H2,1-2H3,(H2,21,24)(H,22,25)/t13-,14+/m1/s1. The fourth-order valence-electron chi connectivity index (χ4n) is 2.41. The van der Waals surface area contributed by atoms with Crippen LogP contribution in [-0.2, 0) is 14.3 Å². The van der Waals surface area contributed by atoms with Gasteiger partial charge in [-0.1, -0.05) is 37.3 Å². The van der Waals surface area contributed by atoms with Gasteiger partial charge in [0.05, 0.1) is 6.42 Å². The quantitative estimate of drug-likeness (QED) is 0.747. The molecule has 0 spiro atoms. The van der Waals surface area contributed by atoms with E-state index in [2.05, 4.69) is 5.32 Å². The second-order valence-corrected chi connectivity index (χ2v) is 6.08. The largest absolute Gasteiger partial charge is 0.453 e. The molecule has 0 aromatic heterocycles. The van der Waals surface area contributed by atoms with Crippen LogP contribution in [0.4, 0.5) is 5.69 Å². The molecule has 0 aliphatic carbocycles. The van der Waals surface area contributed by atoms with Crippen molar-refractivity contribution in [3.63, 3.8) is 0 Å². The van der Waals surface area contributed by atoms with Gasteiger partial charge in [0.1, 0.15) is 0 Å². The first kappa shape index (κ1) is 19.2. The molecule has 26 heavy (non-hydrogen) atoms. The summed E-state index contributed by atoms with van der Waals surface area (Å²) in [7, 11) is 0. The Morgan fingerprint density at radius 2 is 1.62 bits per heavy atom. The first-order chi connectivity index (χ1) is 12.4. The lowest BCUT2D eigenvalue weighted by Gasteiger charge is -2.16. The van der Waals surface area contributed by atoms with E-state index in [0.29, 0.717) is 11.3 Å². The van der Waals surface area contributed by atoms with Gasteiger partial charge in [0.15, 0.2) is 6.10 Å². The van der Waals surface area contributed by atoms with Crippen LogP contribution >= 0.6 is 0 Å². The van der Waals surface area contributed by atoms with E-state index in [4.69, 9.17) is 10.5 Å². The summed E-state index contributed by atoms with van der Waals surface area (Å²) < 4.78 is 5.21. The van der Waals surface area contributed by atoms with Crippen molar-refractivity contribution in [3.8, 4) is 0 Å². The Kier molecular flexibility index (Phi) is 6.49. The molecule has 0 radical (unpaired) electrons. The van der Waals surface area contributed by atoms with Crippen LogP contribution in [0.15, 0.2) is 54.6 Å². The van der Waals surface area contributed by atoms with Crippen molar-refractivity contribution in [1.82, 2.24) is 0 Å². The molecule has 2 aromatic carbocycles. The molecule has 0 unspecified atom stereocenters. The van der Waals surface area contributed by atoms with Gasteiger partial charge in [-0.15, -0.1) is 0 Å². The fraction of sp³-hybridized carbons (Fsp3) is 0.250. The maximum atomic E-state index is 12.1. The Labute approximate surface area is 152 Å². The van der Waals surface area contributed by atoms with Crippen LogP contribution in [0.25, 0.3) is 0 Å². The molecule has 2 atom stereocenters. The maximum Gasteiger partial charge on any atom is 0.307 e. The molecular formula is C20H22N2O4. The highest BCUT2D eigenvalue weighted by Crippen LogP contribution is 2.19. The van der Waals surface area contributed by atoms with Crippen LogP contribution < -0.4 is 11.1 Å². The van der Waals surface area contributed by atoms with Gasteiger partial charge in [0.25, 0.3) is 5.91 Å². The Hall–Kier alpha value is -3.15. The summed E-state index contributed by atoms with van der Waals surface area (Å²) in [5.74, 6) is -1.43. The highest BCUT2D eigenvalue weighted by atomic mass is 16.5. The molecular weight excluding hydrogens is 332 g/mol. The van der Waals surface area contributed by atoms with E-state index in [1.807, 2.05) is 37.3 Å².